The van der Waals surface area contributed by atoms with E-state index >= 15 is 0 Å². The van der Waals surface area contributed by atoms with Crippen molar-refractivity contribution in [1.82, 2.24) is 4.98 Å². The van der Waals surface area contributed by atoms with Crippen LogP contribution in [0.1, 0.15) is 5.56 Å². The first-order valence-corrected chi connectivity index (χ1v) is 6.51. The molecule has 19 heavy (non-hydrogen) atoms. The number of carboxylic acid groups (broad SMARTS) is 1. The van der Waals surface area contributed by atoms with Crippen molar-refractivity contribution in [3.05, 3.63) is 57.9 Å². The Morgan fingerprint density at radius 2 is 1.95 bits per heavy atom. The van der Waals surface area contributed by atoms with Crippen molar-refractivity contribution < 1.29 is 14.6 Å². The van der Waals surface area contributed by atoms with E-state index in [0.29, 0.717) is 17.1 Å². The van der Waals surface area contributed by atoms with Gasteiger partial charge in [0, 0.05) is 15.8 Å². The normalized spacial score (nSPS) is 10.6. The summed E-state index contributed by atoms with van der Waals surface area (Å²) in [6, 6.07) is 9.34. The zero-order chi connectivity index (χ0) is 13.7. The molecule has 1 aromatic carbocycles. The third kappa shape index (κ3) is 4.36. The van der Waals surface area contributed by atoms with E-state index in [2.05, 4.69) is 27.6 Å². The standard InChI is InChI=1S/C14H10INO3/c15-11-2-4-12(5-3-11)19-13-7-10(8-16-9-13)1-6-14(17)18/h1-9H,(H,17,18)/b6-1+. The van der Waals surface area contributed by atoms with Gasteiger partial charge >= 0.3 is 5.97 Å². The summed E-state index contributed by atoms with van der Waals surface area (Å²) in [4.78, 5) is 14.4. The first kappa shape index (κ1) is 13.5. The minimum absolute atomic E-state index is 0.564. The van der Waals surface area contributed by atoms with Gasteiger partial charge in [0.2, 0.25) is 0 Å². The molecule has 2 rings (SSSR count). The Hall–Kier alpha value is -1.89. The summed E-state index contributed by atoms with van der Waals surface area (Å²) < 4.78 is 6.76. The fourth-order valence-electron chi connectivity index (χ4n) is 1.39. The van der Waals surface area contributed by atoms with Gasteiger partial charge in [-0.05, 0) is 64.6 Å². The number of aliphatic carboxylic acids is 1. The number of carbonyl (C=O) groups is 1. The molecule has 0 saturated heterocycles. The maximum Gasteiger partial charge on any atom is 0.328 e. The van der Waals surface area contributed by atoms with Crippen molar-refractivity contribution in [3.8, 4) is 11.5 Å². The van der Waals surface area contributed by atoms with Crippen LogP contribution in [0.25, 0.3) is 6.08 Å². The van der Waals surface area contributed by atoms with Crippen molar-refractivity contribution >= 4 is 34.6 Å². The summed E-state index contributed by atoms with van der Waals surface area (Å²) in [7, 11) is 0. The topological polar surface area (TPSA) is 59.4 Å². The highest BCUT2D eigenvalue weighted by molar-refractivity contribution is 14.1. The zero-order valence-corrected chi connectivity index (χ0v) is 11.9. The molecular weight excluding hydrogens is 357 g/mol. The molecule has 1 N–H and O–H groups in total. The van der Waals surface area contributed by atoms with E-state index in [0.717, 1.165) is 9.65 Å². The quantitative estimate of drug-likeness (QED) is 0.663. The molecule has 0 aliphatic carbocycles. The van der Waals surface area contributed by atoms with Crippen LogP contribution in [-0.4, -0.2) is 16.1 Å². The van der Waals surface area contributed by atoms with Crippen molar-refractivity contribution in [3.63, 3.8) is 0 Å². The summed E-state index contributed by atoms with van der Waals surface area (Å²) in [6.07, 6.45) is 5.68. The van der Waals surface area contributed by atoms with Crippen molar-refractivity contribution in [1.29, 1.82) is 0 Å². The Balaban J connectivity index is 2.15. The molecule has 2 aromatic rings. The number of halogens is 1. The first-order chi connectivity index (χ1) is 9.13. The summed E-state index contributed by atoms with van der Waals surface area (Å²) in [5, 5.41) is 8.57. The second kappa shape index (κ2) is 6.33. The molecule has 4 nitrogen and oxygen atoms in total. The third-order valence-electron chi connectivity index (χ3n) is 2.20. The maximum atomic E-state index is 10.4. The Labute approximate surface area is 123 Å². The lowest BCUT2D eigenvalue weighted by Gasteiger charge is -2.05. The van der Waals surface area contributed by atoms with Crippen LogP contribution in [0, 0.1) is 3.57 Å². The molecule has 0 bridgehead atoms. The summed E-state index contributed by atoms with van der Waals surface area (Å²) in [6.45, 7) is 0. The molecule has 96 valence electrons. The lowest BCUT2D eigenvalue weighted by atomic mass is 10.2. The van der Waals surface area contributed by atoms with E-state index in [4.69, 9.17) is 9.84 Å². The van der Waals surface area contributed by atoms with Gasteiger partial charge in [-0.1, -0.05) is 0 Å². The summed E-state index contributed by atoms with van der Waals surface area (Å²) in [5.41, 5.74) is 0.672. The van der Waals surface area contributed by atoms with Crippen LogP contribution in [-0.2, 0) is 4.79 Å². The number of hydrogen-bond acceptors (Lipinski definition) is 3. The largest absolute Gasteiger partial charge is 0.478 e. The smallest absolute Gasteiger partial charge is 0.328 e. The minimum Gasteiger partial charge on any atom is -0.478 e. The number of aromatic nitrogens is 1. The molecular formula is C14H10INO3. The van der Waals surface area contributed by atoms with E-state index in [1.54, 1.807) is 18.5 Å². The number of rotatable bonds is 4. The highest BCUT2D eigenvalue weighted by atomic mass is 127. The van der Waals surface area contributed by atoms with E-state index in [1.165, 1.54) is 6.08 Å². The van der Waals surface area contributed by atoms with E-state index < -0.39 is 5.97 Å². The Morgan fingerprint density at radius 1 is 1.21 bits per heavy atom. The average Bonchev–Trinajstić information content (AvgIpc) is 2.40. The summed E-state index contributed by atoms with van der Waals surface area (Å²) in [5.74, 6) is 0.277. The predicted molar refractivity (Wildman–Crippen MR) is 80.1 cm³/mol. The summed E-state index contributed by atoms with van der Waals surface area (Å²) >= 11 is 2.22. The number of pyridine rings is 1. The number of hydrogen-bond donors (Lipinski definition) is 1. The van der Waals surface area contributed by atoms with E-state index in [9.17, 15) is 4.79 Å². The Bertz CT molecular complexity index is 608. The minimum atomic E-state index is -0.996. The van der Waals surface area contributed by atoms with Gasteiger partial charge < -0.3 is 9.84 Å². The lowest BCUT2D eigenvalue weighted by Crippen LogP contribution is -1.88. The molecule has 0 saturated carbocycles. The number of benzene rings is 1. The van der Waals surface area contributed by atoms with Crippen LogP contribution in [0.4, 0.5) is 0 Å². The van der Waals surface area contributed by atoms with Gasteiger partial charge in [0.25, 0.3) is 0 Å². The Morgan fingerprint density at radius 3 is 2.63 bits per heavy atom. The number of ether oxygens (including phenoxy) is 1. The van der Waals surface area contributed by atoms with E-state index in [1.807, 2.05) is 24.3 Å². The van der Waals surface area contributed by atoms with Gasteiger partial charge in [-0.2, -0.15) is 0 Å². The molecule has 0 unspecified atom stereocenters. The maximum absolute atomic E-state index is 10.4. The fraction of sp³-hybridized carbons (Fsp3) is 0. The van der Waals surface area contributed by atoms with Crippen LogP contribution < -0.4 is 4.74 Å². The Kier molecular flexibility index (Phi) is 4.51. The van der Waals surface area contributed by atoms with Crippen LogP contribution in [0.2, 0.25) is 0 Å². The SMILES string of the molecule is O=C(O)/C=C/c1cncc(Oc2ccc(I)cc2)c1. The van der Waals surface area contributed by atoms with Crippen molar-refractivity contribution in [2.24, 2.45) is 0 Å². The molecule has 0 atom stereocenters. The molecule has 1 heterocycles. The van der Waals surface area contributed by atoms with Gasteiger partial charge in [0.1, 0.15) is 11.5 Å². The molecule has 0 radical (unpaired) electrons. The highest BCUT2D eigenvalue weighted by Crippen LogP contribution is 2.22. The molecule has 0 spiro atoms. The van der Waals surface area contributed by atoms with E-state index in [-0.39, 0.29) is 0 Å². The second-order valence-corrected chi connectivity index (χ2v) is 4.93. The van der Waals surface area contributed by atoms with Crippen LogP contribution in [0.5, 0.6) is 11.5 Å². The van der Waals surface area contributed by atoms with Gasteiger partial charge in [-0.25, -0.2) is 4.79 Å². The number of carboxylic acids is 1. The van der Waals surface area contributed by atoms with Crippen LogP contribution in [0.3, 0.4) is 0 Å². The molecule has 0 amide bonds. The van der Waals surface area contributed by atoms with Gasteiger partial charge in [0.15, 0.2) is 0 Å². The molecule has 0 aliphatic heterocycles. The monoisotopic (exact) mass is 367 g/mol. The lowest BCUT2D eigenvalue weighted by molar-refractivity contribution is -0.131. The van der Waals surface area contributed by atoms with Gasteiger partial charge in [-0.15, -0.1) is 0 Å². The predicted octanol–water partition coefficient (Wildman–Crippen LogP) is 3.58. The van der Waals surface area contributed by atoms with Crippen molar-refractivity contribution in [2.45, 2.75) is 0 Å². The van der Waals surface area contributed by atoms with Gasteiger partial charge in [-0.3, -0.25) is 4.98 Å². The molecule has 0 fully saturated rings. The number of nitrogens with zero attached hydrogens (tertiary/aromatic N) is 1. The van der Waals surface area contributed by atoms with Crippen LogP contribution >= 0.6 is 22.6 Å². The molecule has 1 aromatic heterocycles. The fourth-order valence-corrected chi connectivity index (χ4v) is 1.75. The molecule has 0 aliphatic rings. The average molecular weight is 367 g/mol. The van der Waals surface area contributed by atoms with Gasteiger partial charge in [0.05, 0.1) is 6.20 Å². The zero-order valence-electron chi connectivity index (χ0n) is 9.79. The highest BCUT2D eigenvalue weighted by Gasteiger charge is 1.99. The third-order valence-corrected chi connectivity index (χ3v) is 2.92. The second-order valence-electron chi connectivity index (χ2n) is 3.68. The first-order valence-electron chi connectivity index (χ1n) is 5.43. The molecule has 5 heteroatoms. The van der Waals surface area contributed by atoms with Crippen molar-refractivity contribution in [2.75, 3.05) is 0 Å². The van der Waals surface area contributed by atoms with Crippen LogP contribution in [0.15, 0.2) is 48.8 Å².